The van der Waals surface area contributed by atoms with Gasteiger partial charge in [0.1, 0.15) is 0 Å². The van der Waals surface area contributed by atoms with Crippen molar-refractivity contribution in [1.29, 1.82) is 0 Å². The SMILES string of the molecule is COc1cc2c(cc1OC)[C@@H](CCNc1ccccc1)NCC2. The van der Waals surface area contributed by atoms with Crippen LogP contribution in [0.15, 0.2) is 42.5 Å². The van der Waals surface area contributed by atoms with Crippen molar-refractivity contribution in [1.82, 2.24) is 5.32 Å². The normalized spacial score (nSPS) is 16.5. The number of nitrogens with one attached hydrogen (secondary N) is 2. The molecule has 0 aromatic heterocycles. The molecule has 1 aliphatic heterocycles. The van der Waals surface area contributed by atoms with Crippen molar-refractivity contribution in [2.75, 3.05) is 32.6 Å². The quantitative estimate of drug-likeness (QED) is 0.858. The standard InChI is InChI=1S/C19H24N2O2/c1-22-18-12-14-8-10-21-17(16(14)13-19(18)23-2)9-11-20-15-6-4-3-5-7-15/h3-7,12-13,17,20-21H,8-11H2,1-2H3/t17-/m1/s1. The molecule has 2 aromatic carbocycles. The summed E-state index contributed by atoms with van der Waals surface area (Å²) in [6.45, 7) is 1.92. The Labute approximate surface area is 137 Å². The highest BCUT2D eigenvalue weighted by molar-refractivity contribution is 5.49. The van der Waals surface area contributed by atoms with Gasteiger partial charge in [0, 0.05) is 18.3 Å². The van der Waals surface area contributed by atoms with Gasteiger partial charge in [-0.3, -0.25) is 0 Å². The summed E-state index contributed by atoms with van der Waals surface area (Å²) in [7, 11) is 3.37. The Morgan fingerprint density at radius 3 is 2.57 bits per heavy atom. The molecule has 0 unspecified atom stereocenters. The number of anilines is 1. The summed E-state index contributed by atoms with van der Waals surface area (Å²) in [6, 6.07) is 14.9. The highest BCUT2D eigenvalue weighted by atomic mass is 16.5. The Kier molecular flexibility index (Phi) is 5.03. The number of hydrogen-bond donors (Lipinski definition) is 2. The highest BCUT2D eigenvalue weighted by Gasteiger charge is 2.22. The van der Waals surface area contributed by atoms with Gasteiger partial charge in [0.25, 0.3) is 0 Å². The summed E-state index contributed by atoms with van der Waals surface area (Å²) < 4.78 is 10.9. The highest BCUT2D eigenvalue weighted by Crippen LogP contribution is 2.36. The van der Waals surface area contributed by atoms with Gasteiger partial charge in [0.2, 0.25) is 0 Å². The molecule has 1 aliphatic rings. The molecule has 0 radical (unpaired) electrons. The van der Waals surface area contributed by atoms with Crippen LogP contribution >= 0.6 is 0 Å². The van der Waals surface area contributed by atoms with Gasteiger partial charge in [-0.15, -0.1) is 0 Å². The van der Waals surface area contributed by atoms with Crippen LogP contribution < -0.4 is 20.1 Å². The second kappa shape index (κ2) is 7.38. The molecule has 4 heteroatoms. The van der Waals surface area contributed by atoms with Crippen LogP contribution in [0, 0.1) is 0 Å². The topological polar surface area (TPSA) is 42.5 Å². The van der Waals surface area contributed by atoms with Crippen LogP contribution in [-0.2, 0) is 6.42 Å². The molecule has 0 aliphatic carbocycles. The molecule has 0 bridgehead atoms. The van der Waals surface area contributed by atoms with Gasteiger partial charge < -0.3 is 20.1 Å². The van der Waals surface area contributed by atoms with Gasteiger partial charge in [-0.2, -0.15) is 0 Å². The molecule has 4 nitrogen and oxygen atoms in total. The fourth-order valence-electron chi connectivity index (χ4n) is 3.14. The second-order valence-electron chi connectivity index (χ2n) is 5.74. The van der Waals surface area contributed by atoms with E-state index in [1.807, 2.05) is 18.2 Å². The monoisotopic (exact) mass is 312 g/mol. The molecule has 2 N–H and O–H groups in total. The minimum Gasteiger partial charge on any atom is -0.493 e. The summed E-state index contributed by atoms with van der Waals surface area (Å²) in [4.78, 5) is 0. The van der Waals surface area contributed by atoms with Crippen molar-refractivity contribution in [3.8, 4) is 11.5 Å². The van der Waals surface area contributed by atoms with E-state index in [1.54, 1.807) is 14.2 Å². The fourth-order valence-corrected chi connectivity index (χ4v) is 3.14. The summed E-state index contributed by atoms with van der Waals surface area (Å²) in [5, 5.41) is 7.09. The smallest absolute Gasteiger partial charge is 0.161 e. The summed E-state index contributed by atoms with van der Waals surface area (Å²) in [5.41, 5.74) is 3.84. The lowest BCUT2D eigenvalue weighted by atomic mass is 9.92. The third kappa shape index (κ3) is 3.59. The van der Waals surface area contributed by atoms with Crippen LogP contribution in [0.1, 0.15) is 23.6 Å². The number of hydrogen-bond acceptors (Lipinski definition) is 4. The molecule has 1 heterocycles. The zero-order valence-electron chi connectivity index (χ0n) is 13.8. The van der Waals surface area contributed by atoms with Crippen molar-refractivity contribution < 1.29 is 9.47 Å². The van der Waals surface area contributed by atoms with Crippen LogP contribution in [0.4, 0.5) is 5.69 Å². The first kappa shape index (κ1) is 15.7. The average molecular weight is 312 g/mol. The first-order valence-corrected chi connectivity index (χ1v) is 8.09. The molecular weight excluding hydrogens is 288 g/mol. The summed E-state index contributed by atoms with van der Waals surface area (Å²) in [6.07, 6.45) is 2.05. The number of benzene rings is 2. The van der Waals surface area contributed by atoms with E-state index in [0.29, 0.717) is 6.04 Å². The van der Waals surface area contributed by atoms with E-state index in [-0.39, 0.29) is 0 Å². The van der Waals surface area contributed by atoms with Crippen molar-refractivity contribution in [2.24, 2.45) is 0 Å². The zero-order chi connectivity index (χ0) is 16.1. The maximum Gasteiger partial charge on any atom is 0.161 e. The lowest BCUT2D eigenvalue weighted by Crippen LogP contribution is -2.31. The fraction of sp³-hybridized carbons (Fsp3) is 0.368. The average Bonchev–Trinajstić information content (AvgIpc) is 2.61. The largest absolute Gasteiger partial charge is 0.493 e. The Balaban J connectivity index is 1.70. The Hall–Kier alpha value is -2.20. The predicted molar refractivity (Wildman–Crippen MR) is 93.5 cm³/mol. The van der Waals surface area contributed by atoms with Gasteiger partial charge in [-0.1, -0.05) is 18.2 Å². The molecule has 0 spiro atoms. The minimum absolute atomic E-state index is 0.342. The molecule has 3 rings (SSSR count). The van der Waals surface area contributed by atoms with E-state index < -0.39 is 0 Å². The van der Waals surface area contributed by atoms with E-state index in [9.17, 15) is 0 Å². The minimum atomic E-state index is 0.342. The van der Waals surface area contributed by atoms with E-state index in [0.717, 1.165) is 43.1 Å². The van der Waals surface area contributed by atoms with E-state index in [4.69, 9.17) is 9.47 Å². The third-order valence-electron chi connectivity index (χ3n) is 4.34. The number of rotatable bonds is 6. The second-order valence-corrected chi connectivity index (χ2v) is 5.74. The molecule has 0 saturated carbocycles. The van der Waals surface area contributed by atoms with Gasteiger partial charge in [-0.05, 0) is 54.8 Å². The number of para-hydroxylation sites is 1. The van der Waals surface area contributed by atoms with E-state index in [2.05, 4.69) is 34.9 Å². The summed E-state index contributed by atoms with van der Waals surface area (Å²) in [5.74, 6) is 1.62. The van der Waals surface area contributed by atoms with Crippen molar-refractivity contribution in [3.63, 3.8) is 0 Å². The lowest BCUT2D eigenvalue weighted by Gasteiger charge is -2.28. The predicted octanol–water partition coefficient (Wildman–Crippen LogP) is 3.39. The lowest BCUT2D eigenvalue weighted by molar-refractivity contribution is 0.352. The Bertz CT molecular complexity index is 643. The van der Waals surface area contributed by atoms with Crippen LogP contribution in [-0.4, -0.2) is 27.3 Å². The third-order valence-corrected chi connectivity index (χ3v) is 4.34. The van der Waals surface area contributed by atoms with Crippen LogP contribution in [0.2, 0.25) is 0 Å². The first-order chi connectivity index (χ1) is 11.3. The Morgan fingerprint density at radius 1 is 1.09 bits per heavy atom. The van der Waals surface area contributed by atoms with Crippen molar-refractivity contribution >= 4 is 5.69 Å². The molecule has 0 fully saturated rings. The molecule has 0 saturated heterocycles. The van der Waals surface area contributed by atoms with E-state index >= 15 is 0 Å². The van der Waals surface area contributed by atoms with Crippen LogP contribution in [0.3, 0.4) is 0 Å². The molecule has 122 valence electrons. The van der Waals surface area contributed by atoms with Gasteiger partial charge in [-0.25, -0.2) is 0 Å². The number of ether oxygens (including phenoxy) is 2. The number of methoxy groups -OCH3 is 2. The van der Waals surface area contributed by atoms with Gasteiger partial charge in [0.05, 0.1) is 14.2 Å². The van der Waals surface area contributed by atoms with Crippen molar-refractivity contribution in [3.05, 3.63) is 53.6 Å². The van der Waals surface area contributed by atoms with Crippen LogP contribution in [0.5, 0.6) is 11.5 Å². The molecular formula is C19H24N2O2. The Morgan fingerprint density at radius 2 is 1.83 bits per heavy atom. The maximum atomic E-state index is 5.46. The van der Waals surface area contributed by atoms with Gasteiger partial charge in [0.15, 0.2) is 11.5 Å². The van der Waals surface area contributed by atoms with Gasteiger partial charge >= 0.3 is 0 Å². The molecule has 23 heavy (non-hydrogen) atoms. The summed E-state index contributed by atoms with van der Waals surface area (Å²) >= 11 is 0. The first-order valence-electron chi connectivity index (χ1n) is 8.09. The zero-order valence-corrected chi connectivity index (χ0v) is 13.8. The molecule has 2 aromatic rings. The van der Waals surface area contributed by atoms with Crippen molar-refractivity contribution in [2.45, 2.75) is 18.9 Å². The van der Waals surface area contributed by atoms with Crippen LogP contribution in [0.25, 0.3) is 0 Å². The molecule has 1 atom stereocenters. The maximum absolute atomic E-state index is 5.46. The molecule has 0 amide bonds. The number of fused-ring (bicyclic) bond motifs is 1. The van der Waals surface area contributed by atoms with E-state index in [1.165, 1.54) is 11.1 Å².